The van der Waals surface area contributed by atoms with Crippen LogP contribution in [0.15, 0.2) is 0 Å². The van der Waals surface area contributed by atoms with Crippen LogP contribution in [-0.4, -0.2) is 27.1 Å². The Morgan fingerprint density at radius 1 is 1.47 bits per heavy atom. The van der Waals surface area contributed by atoms with Gasteiger partial charge in [-0.2, -0.15) is 4.98 Å². The van der Waals surface area contributed by atoms with E-state index in [1.807, 2.05) is 0 Å². The standard InChI is InChI=1S/C11H19N5O/c1-11(2)5-3-7(4-6-11)13-9(17)8-14-10(12)16-15-8/h7H,3-6H2,1-2H3,(H,13,17)(H3,12,14,15,16). The first-order valence-electron chi connectivity index (χ1n) is 5.95. The molecule has 1 aliphatic carbocycles. The summed E-state index contributed by atoms with van der Waals surface area (Å²) in [5, 5.41) is 9.11. The number of anilines is 1. The number of rotatable bonds is 2. The molecule has 1 aliphatic rings. The second-order valence-electron chi connectivity index (χ2n) is 5.45. The highest BCUT2D eigenvalue weighted by Crippen LogP contribution is 2.34. The molecule has 1 aromatic rings. The van der Waals surface area contributed by atoms with Crippen molar-refractivity contribution in [1.29, 1.82) is 0 Å². The second kappa shape index (κ2) is 4.35. The molecule has 1 fully saturated rings. The van der Waals surface area contributed by atoms with E-state index in [4.69, 9.17) is 5.73 Å². The number of nitrogens with one attached hydrogen (secondary N) is 2. The van der Waals surface area contributed by atoms with Crippen LogP contribution in [0.3, 0.4) is 0 Å². The molecule has 0 spiro atoms. The first-order chi connectivity index (χ1) is 7.96. The molecule has 0 bridgehead atoms. The molecule has 1 saturated carbocycles. The lowest BCUT2D eigenvalue weighted by molar-refractivity contribution is 0.0899. The van der Waals surface area contributed by atoms with Crippen molar-refractivity contribution in [3.8, 4) is 0 Å². The second-order valence-corrected chi connectivity index (χ2v) is 5.45. The number of aromatic nitrogens is 3. The maximum atomic E-state index is 11.8. The highest BCUT2D eigenvalue weighted by molar-refractivity contribution is 5.90. The number of H-pyrrole nitrogens is 1. The molecule has 0 radical (unpaired) electrons. The van der Waals surface area contributed by atoms with Gasteiger partial charge in [0.2, 0.25) is 11.8 Å². The Morgan fingerprint density at radius 3 is 2.65 bits per heavy atom. The largest absolute Gasteiger partial charge is 0.366 e. The van der Waals surface area contributed by atoms with Crippen molar-refractivity contribution in [3.05, 3.63) is 5.82 Å². The Morgan fingerprint density at radius 2 is 2.12 bits per heavy atom. The van der Waals surface area contributed by atoms with E-state index in [0.717, 1.165) is 25.7 Å². The Labute approximate surface area is 100 Å². The van der Waals surface area contributed by atoms with Gasteiger partial charge in [0, 0.05) is 6.04 Å². The fraction of sp³-hybridized carbons (Fsp3) is 0.727. The molecule has 1 amide bonds. The van der Waals surface area contributed by atoms with Crippen LogP contribution < -0.4 is 11.1 Å². The Hall–Kier alpha value is -1.59. The van der Waals surface area contributed by atoms with E-state index in [0.29, 0.717) is 5.41 Å². The van der Waals surface area contributed by atoms with E-state index in [1.54, 1.807) is 0 Å². The maximum Gasteiger partial charge on any atom is 0.288 e. The van der Waals surface area contributed by atoms with Gasteiger partial charge in [0.05, 0.1) is 0 Å². The molecule has 1 heterocycles. The third-order valence-corrected chi connectivity index (χ3v) is 3.39. The summed E-state index contributed by atoms with van der Waals surface area (Å²) in [6.45, 7) is 4.53. The molecule has 0 atom stereocenters. The van der Waals surface area contributed by atoms with Crippen molar-refractivity contribution in [1.82, 2.24) is 20.5 Å². The van der Waals surface area contributed by atoms with Gasteiger partial charge in [-0.3, -0.25) is 9.89 Å². The number of aromatic amines is 1. The van der Waals surface area contributed by atoms with Crippen molar-refractivity contribution in [3.63, 3.8) is 0 Å². The zero-order valence-electron chi connectivity index (χ0n) is 10.3. The van der Waals surface area contributed by atoms with E-state index in [9.17, 15) is 4.79 Å². The minimum Gasteiger partial charge on any atom is -0.366 e. The fourth-order valence-electron chi connectivity index (χ4n) is 2.17. The number of nitrogen functional groups attached to an aromatic ring is 1. The van der Waals surface area contributed by atoms with Crippen LogP contribution in [-0.2, 0) is 0 Å². The van der Waals surface area contributed by atoms with Crippen LogP contribution in [0.1, 0.15) is 50.1 Å². The van der Waals surface area contributed by atoms with Crippen LogP contribution in [0.2, 0.25) is 0 Å². The van der Waals surface area contributed by atoms with E-state index in [-0.39, 0.29) is 23.7 Å². The minimum atomic E-state index is -0.223. The maximum absolute atomic E-state index is 11.8. The average Bonchev–Trinajstić information content (AvgIpc) is 2.68. The predicted octanol–water partition coefficient (Wildman–Crippen LogP) is 1.09. The van der Waals surface area contributed by atoms with Crippen LogP contribution >= 0.6 is 0 Å². The molecule has 0 unspecified atom stereocenters. The van der Waals surface area contributed by atoms with Gasteiger partial charge in [-0.05, 0) is 31.1 Å². The average molecular weight is 237 g/mol. The monoisotopic (exact) mass is 237 g/mol. The molecule has 0 aromatic carbocycles. The molecular formula is C11H19N5O. The lowest BCUT2D eigenvalue weighted by Gasteiger charge is -2.34. The van der Waals surface area contributed by atoms with Crippen molar-refractivity contribution in [2.24, 2.45) is 5.41 Å². The number of hydrogen-bond donors (Lipinski definition) is 3. The van der Waals surface area contributed by atoms with E-state index < -0.39 is 0 Å². The summed E-state index contributed by atoms with van der Waals surface area (Å²) in [5.74, 6) is 0.0613. The van der Waals surface area contributed by atoms with Crippen LogP contribution in [0.25, 0.3) is 0 Å². The zero-order chi connectivity index (χ0) is 12.5. The highest BCUT2D eigenvalue weighted by atomic mass is 16.2. The number of amides is 1. The molecule has 4 N–H and O–H groups in total. The summed E-state index contributed by atoms with van der Waals surface area (Å²) in [7, 11) is 0. The van der Waals surface area contributed by atoms with Crippen molar-refractivity contribution in [2.45, 2.75) is 45.6 Å². The van der Waals surface area contributed by atoms with Gasteiger partial charge in [0.15, 0.2) is 0 Å². The van der Waals surface area contributed by atoms with Gasteiger partial charge in [-0.15, -0.1) is 5.10 Å². The molecule has 6 heteroatoms. The lowest BCUT2D eigenvalue weighted by atomic mass is 9.75. The fourth-order valence-corrected chi connectivity index (χ4v) is 2.17. The predicted molar refractivity (Wildman–Crippen MR) is 64.3 cm³/mol. The summed E-state index contributed by atoms with van der Waals surface area (Å²) in [5.41, 5.74) is 5.75. The van der Waals surface area contributed by atoms with Gasteiger partial charge >= 0.3 is 0 Å². The summed E-state index contributed by atoms with van der Waals surface area (Å²) in [6.07, 6.45) is 4.30. The molecule has 94 valence electrons. The Kier molecular flexibility index (Phi) is 3.04. The van der Waals surface area contributed by atoms with Crippen molar-refractivity contribution in [2.75, 3.05) is 5.73 Å². The molecule has 0 aliphatic heterocycles. The number of hydrogen-bond acceptors (Lipinski definition) is 4. The molecule has 6 nitrogen and oxygen atoms in total. The number of carbonyl (C=O) groups is 1. The third kappa shape index (κ3) is 2.95. The van der Waals surface area contributed by atoms with E-state index in [1.165, 1.54) is 0 Å². The topological polar surface area (TPSA) is 96.7 Å². The number of nitrogens with two attached hydrogens (primary N) is 1. The summed E-state index contributed by atoms with van der Waals surface area (Å²) < 4.78 is 0. The normalized spacial score (nSPS) is 20.1. The summed E-state index contributed by atoms with van der Waals surface area (Å²) in [6, 6.07) is 0.238. The van der Waals surface area contributed by atoms with Gasteiger partial charge < -0.3 is 11.1 Å². The Balaban J connectivity index is 1.88. The third-order valence-electron chi connectivity index (χ3n) is 3.39. The first kappa shape index (κ1) is 11.9. The van der Waals surface area contributed by atoms with E-state index >= 15 is 0 Å². The molecule has 1 aromatic heterocycles. The lowest BCUT2D eigenvalue weighted by Crippen LogP contribution is -2.39. The summed E-state index contributed by atoms with van der Waals surface area (Å²) in [4.78, 5) is 15.6. The number of carbonyl (C=O) groups excluding carboxylic acids is 1. The van der Waals surface area contributed by atoms with Gasteiger partial charge in [0.1, 0.15) is 0 Å². The van der Waals surface area contributed by atoms with Gasteiger partial charge in [0.25, 0.3) is 5.91 Å². The van der Waals surface area contributed by atoms with Crippen LogP contribution in [0.4, 0.5) is 5.95 Å². The molecule has 2 rings (SSSR count). The smallest absolute Gasteiger partial charge is 0.288 e. The quantitative estimate of drug-likeness (QED) is 0.717. The SMILES string of the molecule is CC1(C)CCC(NC(=O)c2nc(N)n[nH]2)CC1. The molecular weight excluding hydrogens is 218 g/mol. The molecule has 0 saturated heterocycles. The minimum absolute atomic E-state index is 0.0972. The first-order valence-corrected chi connectivity index (χ1v) is 5.95. The zero-order valence-corrected chi connectivity index (χ0v) is 10.3. The number of nitrogens with zero attached hydrogens (tertiary/aromatic N) is 2. The van der Waals surface area contributed by atoms with Gasteiger partial charge in [-0.1, -0.05) is 13.8 Å². The van der Waals surface area contributed by atoms with Crippen LogP contribution in [0, 0.1) is 5.41 Å². The Bertz CT molecular complexity index is 402. The van der Waals surface area contributed by atoms with Crippen molar-refractivity contribution >= 4 is 11.9 Å². The highest BCUT2D eigenvalue weighted by Gasteiger charge is 2.28. The summed E-state index contributed by atoms with van der Waals surface area (Å²) >= 11 is 0. The molecule has 17 heavy (non-hydrogen) atoms. The van der Waals surface area contributed by atoms with Gasteiger partial charge in [-0.25, -0.2) is 0 Å². The van der Waals surface area contributed by atoms with Crippen LogP contribution in [0.5, 0.6) is 0 Å². The van der Waals surface area contributed by atoms with E-state index in [2.05, 4.69) is 34.3 Å². The van der Waals surface area contributed by atoms with Crippen molar-refractivity contribution < 1.29 is 4.79 Å².